The number of rotatable bonds is 8. The van der Waals surface area contributed by atoms with E-state index in [1.54, 1.807) is 14.2 Å². The van der Waals surface area contributed by atoms with Crippen molar-refractivity contribution in [3.8, 4) is 5.75 Å². The van der Waals surface area contributed by atoms with E-state index in [1.165, 1.54) is 25.7 Å². The van der Waals surface area contributed by atoms with Crippen LogP contribution in [0.1, 0.15) is 43.1 Å². The van der Waals surface area contributed by atoms with Gasteiger partial charge < -0.3 is 9.47 Å². The van der Waals surface area contributed by atoms with Gasteiger partial charge in [0, 0.05) is 44.9 Å². The number of methoxy groups -OCH3 is 2. The molecule has 30 heavy (non-hydrogen) atoms. The van der Waals surface area contributed by atoms with Crippen LogP contribution in [0.3, 0.4) is 0 Å². The Kier molecular flexibility index (Phi) is 8.44. The molecule has 0 bridgehead atoms. The fraction of sp³-hybridized carbons (Fsp3) is 0.667. The predicted molar refractivity (Wildman–Crippen MR) is 117 cm³/mol. The van der Waals surface area contributed by atoms with Crippen molar-refractivity contribution in [2.45, 2.75) is 44.3 Å². The van der Waals surface area contributed by atoms with Crippen molar-refractivity contribution in [2.24, 2.45) is 0 Å². The second-order valence-corrected chi connectivity index (χ2v) is 7.91. The Hall–Kier alpha value is -1.74. The highest BCUT2D eigenvalue weighted by Gasteiger charge is 2.34. The average Bonchev–Trinajstić information content (AvgIpc) is 3.46. The number of para-hydroxylation sites is 1. The summed E-state index contributed by atoms with van der Waals surface area (Å²) >= 11 is 0. The summed E-state index contributed by atoms with van der Waals surface area (Å²) in [6.45, 7) is 5.39. The minimum Gasteiger partial charge on any atom is -0.496 e. The lowest BCUT2D eigenvalue weighted by atomic mass is 10.0. The van der Waals surface area contributed by atoms with Crippen molar-refractivity contribution in [2.75, 3.05) is 47.0 Å². The van der Waals surface area contributed by atoms with Crippen molar-refractivity contribution in [1.82, 2.24) is 30.0 Å². The molecule has 4 rings (SSSR count). The number of piperazine rings is 1. The highest BCUT2D eigenvalue weighted by Crippen LogP contribution is 2.35. The molecule has 1 saturated carbocycles. The van der Waals surface area contributed by atoms with Crippen LogP contribution < -0.4 is 4.74 Å². The molecule has 8 nitrogen and oxygen atoms in total. The lowest BCUT2D eigenvalue weighted by Crippen LogP contribution is -2.51. The van der Waals surface area contributed by atoms with E-state index in [4.69, 9.17) is 9.47 Å². The first-order chi connectivity index (χ1) is 14.3. The number of tetrazole rings is 1. The highest BCUT2D eigenvalue weighted by atomic mass is 35.5. The summed E-state index contributed by atoms with van der Waals surface area (Å²) in [5.41, 5.74) is 1.11. The van der Waals surface area contributed by atoms with E-state index in [-0.39, 0.29) is 18.4 Å². The van der Waals surface area contributed by atoms with Crippen LogP contribution in [0.15, 0.2) is 24.3 Å². The molecule has 1 unspecified atom stereocenters. The molecule has 0 N–H and O–H groups in total. The van der Waals surface area contributed by atoms with E-state index < -0.39 is 0 Å². The molecule has 1 aromatic carbocycles. The third-order valence-corrected chi connectivity index (χ3v) is 6.30. The lowest BCUT2D eigenvalue weighted by molar-refractivity contribution is 0.0756. The van der Waals surface area contributed by atoms with Crippen molar-refractivity contribution >= 4 is 12.4 Å². The number of nitrogens with zero attached hydrogens (tertiary/aromatic N) is 6. The van der Waals surface area contributed by atoms with Gasteiger partial charge in [-0.2, -0.15) is 0 Å². The normalized spacial score (nSPS) is 19.5. The van der Waals surface area contributed by atoms with E-state index >= 15 is 0 Å². The zero-order valence-corrected chi connectivity index (χ0v) is 18.8. The van der Waals surface area contributed by atoms with Crippen molar-refractivity contribution < 1.29 is 9.47 Å². The van der Waals surface area contributed by atoms with E-state index in [9.17, 15) is 0 Å². The molecule has 2 aliphatic rings. The number of halogens is 1. The maximum absolute atomic E-state index is 5.70. The summed E-state index contributed by atoms with van der Waals surface area (Å²) in [6.07, 6.45) is 5.46. The standard InChI is InChI=1S/C21H32N6O2.ClH/c1-28-16-15-27-21(22-23-24-27)20(18-9-5-6-10-19(18)29-2)26-13-11-25(12-14-26)17-7-3-4-8-17;/h5-6,9-10,17,20H,3-4,7-8,11-16H2,1-2H3;1H. The summed E-state index contributed by atoms with van der Waals surface area (Å²) in [4.78, 5) is 5.18. The fourth-order valence-corrected chi connectivity index (χ4v) is 4.77. The monoisotopic (exact) mass is 436 g/mol. The molecule has 2 fully saturated rings. The van der Waals surface area contributed by atoms with Gasteiger partial charge in [-0.25, -0.2) is 4.68 Å². The van der Waals surface area contributed by atoms with E-state index in [0.29, 0.717) is 13.2 Å². The average molecular weight is 437 g/mol. The smallest absolute Gasteiger partial charge is 0.173 e. The van der Waals surface area contributed by atoms with Gasteiger partial charge in [0.15, 0.2) is 5.82 Å². The van der Waals surface area contributed by atoms with Gasteiger partial charge in [-0.1, -0.05) is 31.0 Å². The lowest BCUT2D eigenvalue weighted by Gasteiger charge is -2.41. The largest absolute Gasteiger partial charge is 0.496 e. The molecule has 9 heteroatoms. The molecule has 1 aliphatic carbocycles. The summed E-state index contributed by atoms with van der Waals surface area (Å²) in [5, 5.41) is 12.6. The van der Waals surface area contributed by atoms with Gasteiger partial charge in [-0.05, 0) is 29.3 Å². The molecule has 2 aromatic rings. The molecule has 1 aromatic heterocycles. The molecule has 1 saturated heterocycles. The minimum absolute atomic E-state index is 0. The molecular formula is C21H33ClN6O2. The second kappa shape index (κ2) is 11.0. The van der Waals surface area contributed by atoms with Gasteiger partial charge >= 0.3 is 0 Å². The van der Waals surface area contributed by atoms with Gasteiger partial charge in [0.2, 0.25) is 0 Å². The Balaban J connectivity index is 0.00000256. The van der Waals surface area contributed by atoms with Gasteiger partial charge in [-0.3, -0.25) is 9.80 Å². The SMILES string of the molecule is COCCn1nnnc1C(c1ccccc1OC)N1CCN(C2CCCC2)CC1.Cl. The van der Waals surface area contributed by atoms with Crippen LogP contribution >= 0.6 is 12.4 Å². The fourth-order valence-electron chi connectivity index (χ4n) is 4.77. The molecule has 0 amide bonds. The van der Waals surface area contributed by atoms with Gasteiger partial charge in [-0.15, -0.1) is 17.5 Å². The minimum atomic E-state index is -0.0382. The Labute approximate surface area is 184 Å². The summed E-state index contributed by atoms with van der Waals surface area (Å²) < 4.78 is 12.8. The molecule has 2 heterocycles. The first-order valence-electron chi connectivity index (χ1n) is 10.7. The van der Waals surface area contributed by atoms with Crippen LogP contribution in [0.5, 0.6) is 5.75 Å². The second-order valence-electron chi connectivity index (χ2n) is 7.91. The van der Waals surface area contributed by atoms with Crippen LogP contribution in [0.2, 0.25) is 0 Å². The van der Waals surface area contributed by atoms with Crippen LogP contribution in [0.4, 0.5) is 0 Å². The topological polar surface area (TPSA) is 68.5 Å². The number of hydrogen-bond acceptors (Lipinski definition) is 7. The summed E-state index contributed by atoms with van der Waals surface area (Å²) in [6, 6.07) is 8.94. The number of benzene rings is 1. The van der Waals surface area contributed by atoms with Crippen LogP contribution in [-0.4, -0.2) is 83.1 Å². The summed E-state index contributed by atoms with van der Waals surface area (Å²) in [5.74, 6) is 1.72. The maximum Gasteiger partial charge on any atom is 0.173 e. The Bertz CT molecular complexity index is 774. The third kappa shape index (κ3) is 4.94. The zero-order chi connectivity index (χ0) is 20.1. The highest BCUT2D eigenvalue weighted by molar-refractivity contribution is 5.85. The van der Waals surface area contributed by atoms with Gasteiger partial charge in [0.25, 0.3) is 0 Å². The van der Waals surface area contributed by atoms with Crippen molar-refractivity contribution in [3.05, 3.63) is 35.7 Å². The molecule has 1 aliphatic heterocycles. The number of aromatic nitrogens is 4. The van der Waals surface area contributed by atoms with E-state index in [2.05, 4.69) is 37.5 Å². The van der Waals surface area contributed by atoms with Gasteiger partial charge in [0.1, 0.15) is 11.8 Å². The van der Waals surface area contributed by atoms with Crippen molar-refractivity contribution in [3.63, 3.8) is 0 Å². The quantitative estimate of drug-likeness (QED) is 0.629. The first-order valence-corrected chi connectivity index (χ1v) is 10.7. The maximum atomic E-state index is 5.70. The Morgan fingerprint density at radius 1 is 1.07 bits per heavy atom. The Morgan fingerprint density at radius 2 is 1.80 bits per heavy atom. The third-order valence-electron chi connectivity index (χ3n) is 6.30. The Morgan fingerprint density at radius 3 is 2.50 bits per heavy atom. The van der Waals surface area contributed by atoms with Crippen molar-refractivity contribution in [1.29, 1.82) is 0 Å². The summed E-state index contributed by atoms with van der Waals surface area (Å²) in [7, 11) is 3.42. The number of hydrogen-bond donors (Lipinski definition) is 0. The van der Waals surface area contributed by atoms with E-state index in [0.717, 1.165) is 49.4 Å². The molecule has 0 spiro atoms. The molecule has 166 valence electrons. The molecule has 1 atom stereocenters. The zero-order valence-electron chi connectivity index (χ0n) is 17.9. The number of ether oxygens (including phenoxy) is 2. The van der Waals surface area contributed by atoms with Gasteiger partial charge in [0.05, 0.1) is 20.3 Å². The first kappa shape index (κ1) is 22.9. The molecular weight excluding hydrogens is 404 g/mol. The van der Waals surface area contributed by atoms with Crippen LogP contribution in [0, 0.1) is 0 Å². The van der Waals surface area contributed by atoms with Crippen LogP contribution in [-0.2, 0) is 11.3 Å². The van der Waals surface area contributed by atoms with Crippen LogP contribution in [0.25, 0.3) is 0 Å². The molecule has 0 radical (unpaired) electrons. The predicted octanol–water partition coefficient (Wildman–Crippen LogP) is 2.40. The van der Waals surface area contributed by atoms with E-state index in [1.807, 2.05) is 16.8 Å².